The zero-order chi connectivity index (χ0) is 16.1. The minimum Gasteiger partial charge on any atom is -0.299 e. The average Bonchev–Trinajstić information content (AvgIpc) is 2.54. The molecule has 0 rings (SSSR count). The van der Waals surface area contributed by atoms with Gasteiger partial charge in [0, 0.05) is 0 Å². The summed E-state index contributed by atoms with van der Waals surface area (Å²) in [6.07, 6.45) is 28.1. The lowest BCUT2D eigenvalue weighted by molar-refractivity contribution is -0.104. The molecule has 0 amide bonds. The number of rotatable bonds is 18. The molecule has 0 aromatic carbocycles. The van der Waals surface area contributed by atoms with Crippen LogP contribution in [0.15, 0.2) is 12.2 Å². The summed E-state index contributed by atoms with van der Waals surface area (Å²) in [5.74, 6) is 0. The van der Waals surface area contributed by atoms with Gasteiger partial charge < -0.3 is 0 Å². The van der Waals surface area contributed by atoms with Crippen molar-refractivity contribution >= 4 is 6.29 Å². The van der Waals surface area contributed by atoms with Gasteiger partial charge in [0.05, 0.1) is 0 Å². The minimum absolute atomic E-state index is 0.868. The van der Waals surface area contributed by atoms with Crippen molar-refractivity contribution in [1.82, 2.24) is 0 Å². The van der Waals surface area contributed by atoms with Crippen LogP contribution >= 0.6 is 0 Å². The molecule has 22 heavy (non-hydrogen) atoms. The van der Waals surface area contributed by atoms with E-state index in [1.165, 1.54) is 103 Å². The standard InChI is InChI=1S/C21H40O/c1-2-3-4-5-6-7-8-9-10-11-12-13-14-15-16-17-18-19-20-21-22/h19-21H,2-18H2,1H3/b20-19+. The van der Waals surface area contributed by atoms with Crippen LogP contribution in [-0.4, -0.2) is 6.29 Å². The van der Waals surface area contributed by atoms with Gasteiger partial charge in [0.1, 0.15) is 6.29 Å². The Hall–Kier alpha value is -0.590. The molecular formula is C21H40O. The predicted molar refractivity (Wildman–Crippen MR) is 99.4 cm³/mol. The summed E-state index contributed by atoms with van der Waals surface area (Å²) in [7, 11) is 0. The highest BCUT2D eigenvalue weighted by molar-refractivity contribution is 5.64. The molecule has 0 radical (unpaired) electrons. The monoisotopic (exact) mass is 308 g/mol. The Morgan fingerprint density at radius 2 is 0.909 bits per heavy atom. The summed E-state index contributed by atoms with van der Waals surface area (Å²) in [4.78, 5) is 10.1. The lowest BCUT2D eigenvalue weighted by atomic mass is 10.0. The summed E-state index contributed by atoms with van der Waals surface area (Å²) < 4.78 is 0. The van der Waals surface area contributed by atoms with Crippen molar-refractivity contribution in [1.29, 1.82) is 0 Å². The molecule has 0 saturated carbocycles. The van der Waals surface area contributed by atoms with Gasteiger partial charge in [-0.05, 0) is 18.9 Å². The number of hydrogen-bond acceptors (Lipinski definition) is 1. The van der Waals surface area contributed by atoms with Crippen LogP contribution < -0.4 is 0 Å². The third kappa shape index (κ3) is 19.4. The van der Waals surface area contributed by atoms with Gasteiger partial charge in [0.15, 0.2) is 0 Å². The fraction of sp³-hybridized carbons (Fsp3) is 0.857. The zero-order valence-electron chi connectivity index (χ0n) is 15.2. The van der Waals surface area contributed by atoms with Crippen LogP contribution in [-0.2, 0) is 4.79 Å². The highest BCUT2D eigenvalue weighted by Crippen LogP contribution is 2.13. The number of carbonyl (C=O) groups excluding carboxylic acids is 1. The maximum atomic E-state index is 10.1. The van der Waals surface area contributed by atoms with Gasteiger partial charge in [0.2, 0.25) is 0 Å². The molecule has 0 aliphatic heterocycles. The highest BCUT2D eigenvalue weighted by atomic mass is 16.1. The van der Waals surface area contributed by atoms with Crippen molar-refractivity contribution in [3.05, 3.63) is 12.2 Å². The lowest BCUT2D eigenvalue weighted by Gasteiger charge is -2.03. The van der Waals surface area contributed by atoms with E-state index in [4.69, 9.17) is 0 Å². The van der Waals surface area contributed by atoms with Crippen molar-refractivity contribution < 1.29 is 4.79 Å². The molecule has 0 fully saturated rings. The second-order valence-electron chi connectivity index (χ2n) is 6.66. The van der Waals surface area contributed by atoms with Crippen molar-refractivity contribution in [2.24, 2.45) is 0 Å². The second kappa shape index (κ2) is 20.4. The lowest BCUT2D eigenvalue weighted by Crippen LogP contribution is -1.83. The largest absolute Gasteiger partial charge is 0.299 e. The van der Waals surface area contributed by atoms with Gasteiger partial charge in [-0.1, -0.05) is 109 Å². The summed E-state index contributed by atoms with van der Waals surface area (Å²) in [5, 5.41) is 0. The van der Waals surface area contributed by atoms with Gasteiger partial charge in [-0.15, -0.1) is 0 Å². The normalized spacial score (nSPS) is 11.3. The van der Waals surface area contributed by atoms with Crippen LogP contribution in [0.1, 0.15) is 116 Å². The highest BCUT2D eigenvalue weighted by Gasteiger charge is 1.94. The Morgan fingerprint density at radius 1 is 0.545 bits per heavy atom. The van der Waals surface area contributed by atoms with Crippen molar-refractivity contribution in [2.75, 3.05) is 0 Å². The van der Waals surface area contributed by atoms with E-state index in [2.05, 4.69) is 6.92 Å². The predicted octanol–water partition coefficient (Wildman–Crippen LogP) is 7.39. The first kappa shape index (κ1) is 21.4. The molecule has 1 heteroatoms. The fourth-order valence-electron chi connectivity index (χ4n) is 2.96. The number of hydrogen-bond donors (Lipinski definition) is 0. The molecule has 0 aromatic heterocycles. The zero-order valence-corrected chi connectivity index (χ0v) is 15.2. The van der Waals surface area contributed by atoms with Crippen molar-refractivity contribution in [2.45, 2.75) is 116 Å². The quantitative estimate of drug-likeness (QED) is 0.146. The maximum Gasteiger partial charge on any atom is 0.142 e. The molecule has 0 atom stereocenters. The van der Waals surface area contributed by atoms with E-state index >= 15 is 0 Å². The Morgan fingerprint density at radius 3 is 1.27 bits per heavy atom. The molecule has 0 N–H and O–H groups in total. The molecule has 0 heterocycles. The average molecular weight is 309 g/mol. The van der Waals surface area contributed by atoms with Crippen LogP contribution in [0.3, 0.4) is 0 Å². The molecule has 0 bridgehead atoms. The Balaban J connectivity index is 2.97. The van der Waals surface area contributed by atoms with Crippen LogP contribution in [0.4, 0.5) is 0 Å². The Labute approximate surface area is 140 Å². The van der Waals surface area contributed by atoms with Crippen LogP contribution in [0.2, 0.25) is 0 Å². The van der Waals surface area contributed by atoms with Gasteiger partial charge in [-0.3, -0.25) is 4.79 Å². The van der Waals surface area contributed by atoms with Crippen molar-refractivity contribution in [3.8, 4) is 0 Å². The number of allylic oxidation sites excluding steroid dienone is 2. The summed E-state index contributed by atoms with van der Waals surface area (Å²) in [6.45, 7) is 2.29. The van der Waals surface area contributed by atoms with Crippen LogP contribution in [0, 0.1) is 0 Å². The Bertz CT molecular complexity index is 232. The van der Waals surface area contributed by atoms with E-state index in [-0.39, 0.29) is 0 Å². The first-order valence-corrected chi connectivity index (χ1v) is 10.0. The molecule has 0 saturated heterocycles. The maximum absolute atomic E-state index is 10.1. The summed E-state index contributed by atoms with van der Waals surface area (Å²) in [6, 6.07) is 0. The van der Waals surface area contributed by atoms with Crippen LogP contribution in [0.5, 0.6) is 0 Å². The molecule has 0 spiro atoms. The Kier molecular flexibility index (Phi) is 19.9. The van der Waals surface area contributed by atoms with E-state index in [9.17, 15) is 4.79 Å². The minimum atomic E-state index is 0.868. The van der Waals surface area contributed by atoms with Crippen molar-refractivity contribution in [3.63, 3.8) is 0 Å². The topological polar surface area (TPSA) is 17.1 Å². The summed E-state index contributed by atoms with van der Waals surface area (Å²) in [5.41, 5.74) is 0. The molecule has 0 aliphatic carbocycles. The van der Waals surface area contributed by atoms with Gasteiger partial charge in [-0.25, -0.2) is 0 Å². The second-order valence-corrected chi connectivity index (χ2v) is 6.66. The first-order valence-electron chi connectivity index (χ1n) is 10.0. The number of aldehydes is 1. The number of unbranched alkanes of at least 4 members (excludes halogenated alkanes) is 16. The smallest absolute Gasteiger partial charge is 0.142 e. The van der Waals surface area contributed by atoms with E-state index < -0.39 is 0 Å². The molecule has 0 unspecified atom stereocenters. The third-order valence-electron chi connectivity index (χ3n) is 4.44. The number of carbonyl (C=O) groups is 1. The molecule has 0 aromatic rings. The SMILES string of the molecule is CCCCCCCCCCCCCCCCCC/C=C/C=O. The summed E-state index contributed by atoms with van der Waals surface area (Å²) >= 11 is 0. The molecule has 0 aliphatic rings. The van der Waals surface area contributed by atoms with E-state index in [1.807, 2.05) is 6.08 Å². The van der Waals surface area contributed by atoms with Crippen LogP contribution in [0.25, 0.3) is 0 Å². The first-order chi connectivity index (χ1) is 10.9. The van der Waals surface area contributed by atoms with E-state index in [0.29, 0.717) is 0 Å². The van der Waals surface area contributed by atoms with Gasteiger partial charge >= 0.3 is 0 Å². The fourth-order valence-corrected chi connectivity index (χ4v) is 2.96. The van der Waals surface area contributed by atoms with E-state index in [1.54, 1.807) is 6.08 Å². The van der Waals surface area contributed by atoms with Gasteiger partial charge in [-0.2, -0.15) is 0 Å². The molecule has 130 valence electrons. The molecule has 1 nitrogen and oxygen atoms in total. The molecular weight excluding hydrogens is 268 g/mol. The van der Waals surface area contributed by atoms with E-state index in [0.717, 1.165) is 12.7 Å². The third-order valence-corrected chi connectivity index (χ3v) is 4.44. The van der Waals surface area contributed by atoms with Gasteiger partial charge in [0.25, 0.3) is 0 Å².